The Morgan fingerprint density at radius 1 is 1.47 bits per heavy atom. The number of carboxylic acids is 1. The standard InChI is InChI=1S/C12H14BrIN2O3/c1-2-3-9(11(17)18)15-12(19)16-10-6-7(14)4-5-8(10)13/h4-6,9H,2-3H2,1H3,(H,17,18)(H2,15,16,19). The van der Waals surface area contributed by atoms with Crippen LogP contribution in [0.5, 0.6) is 0 Å². The highest BCUT2D eigenvalue weighted by atomic mass is 127. The van der Waals surface area contributed by atoms with Crippen LogP contribution in [0, 0.1) is 3.57 Å². The van der Waals surface area contributed by atoms with E-state index in [-0.39, 0.29) is 0 Å². The molecule has 1 rings (SSSR count). The molecule has 1 atom stereocenters. The molecule has 0 heterocycles. The van der Waals surface area contributed by atoms with E-state index in [0.717, 1.165) is 8.04 Å². The predicted molar refractivity (Wildman–Crippen MR) is 85.3 cm³/mol. The molecule has 0 aromatic heterocycles. The van der Waals surface area contributed by atoms with Crippen molar-refractivity contribution in [2.24, 2.45) is 0 Å². The Balaban J connectivity index is 2.68. The molecule has 2 amide bonds. The summed E-state index contributed by atoms with van der Waals surface area (Å²) < 4.78 is 1.71. The molecule has 0 saturated carbocycles. The van der Waals surface area contributed by atoms with Gasteiger partial charge in [0.05, 0.1) is 5.69 Å². The van der Waals surface area contributed by atoms with Crippen LogP contribution < -0.4 is 10.6 Å². The molecule has 0 aliphatic heterocycles. The lowest BCUT2D eigenvalue weighted by molar-refractivity contribution is -0.139. The molecule has 0 aliphatic rings. The number of nitrogens with one attached hydrogen (secondary N) is 2. The summed E-state index contributed by atoms with van der Waals surface area (Å²) in [4.78, 5) is 22.7. The molecular weight excluding hydrogens is 427 g/mol. The van der Waals surface area contributed by atoms with E-state index in [0.29, 0.717) is 18.5 Å². The topological polar surface area (TPSA) is 78.4 Å². The van der Waals surface area contributed by atoms with Crippen LogP contribution in [0.15, 0.2) is 22.7 Å². The van der Waals surface area contributed by atoms with Crippen LogP contribution in [0.2, 0.25) is 0 Å². The Morgan fingerprint density at radius 2 is 2.16 bits per heavy atom. The first kappa shape index (κ1) is 16.2. The minimum absolute atomic E-state index is 0.399. The van der Waals surface area contributed by atoms with Gasteiger partial charge in [0, 0.05) is 8.04 Å². The lowest BCUT2D eigenvalue weighted by atomic mass is 10.2. The minimum Gasteiger partial charge on any atom is -0.480 e. The second-order valence-corrected chi connectivity index (χ2v) is 6.00. The van der Waals surface area contributed by atoms with Gasteiger partial charge in [-0.1, -0.05) is 13.3 Å². The lowest BCUT2D eigenvalue weighted by Crippen LogP contribution is -2.42. The van der Waals surface area contributed by atoms with E-state index in [1.807, 2.05) is 19.1 Å². The van der Waals surface area contributed by atoms with E-state index in [1.165, 1.54) is 0 Å². The molecule has 0 spiro atoms. The SMILES string of the molecule is CCCC(NC(=O)Nc1cc(I)ccc1Br)C(=O)O. The molecule has 7 heteroatoms. The third-order valence-electron chi connectivity index (χ3n) is 2.36. The number of carbonyl (C=O) groups is 2. The molecular formula is C12H14BrIN2O3. The van der Waals surface area contributed by atoms with Crippen LogP contribution in [0.3, 0.4) is 0 Å². The maximum absolute atomic E-state index is 11.8. The summed E-state index contributed by atoms with van der Waals surface area (Å²) in [6.45, 7) is 1.87. The number of rotatable bonds is 5. The smallest absolute Gasteiger partial charge is 0.326 e. The van der Waals surface area contributed by atoms with Crippen molar-refractivity contribution in [1.82, 2.24) is 5.32 Å². The van der Waals surface area contributed by atoms with Crippen molar-refractivity contribution in [3.8, 4) is 0 Å². The molecule has 3 N–H and O–H groups in total. The largest absolute Gasteiger partial charge is 0.480 e. The number of hydrogen-bond acceptors (Lipinski definition) is 2. The van der Waals surface area contributed by atoms with Crippen molar-refractivity contribution in [3.63, 3.8) is 0 Å². The predicted octanol–water partition coefficient (Wildman–Crippen LogP) is 3.43. The van der Waals surface area contributed by atoms with Gasteiger partial charge in [-0.05, 0) is 63.1 Å². The van der Waals surface area contributed by atoms with Gasteiger partial charge in [-0.15, -0.1) is 0 Å². The summed E-state index contributed by atoms with van der Waals surface area (Å²) in [5.74, 6) is -1.03. The van der Waals surface area contributed by atoms with Crippen LogP contribution in [-0.4, -0.2) is 23.1 Å². The molecule has 1 aromatic rings. The van der Waals surface area contributed by atoms with Gasteiger partial charge in [-0.25, -0.2) is 9.59 Å². The third-order valence-corrected chi connectivity index (χ3v) is 3.72. The van der Waals surface area contributed by atoms with Crippen LogP contribution in [0.25, 0.3) is 0 Å². The molecule has 0 bridgehead atoms. The van der Waals surface area contributed by atoms with E-state index in [9.17, 15) is 9.59 Å². The summed E-state index contributed by atoms with van der Waals surface area (Å²) in [6.07, 6.45) is 1.08. The van der Waals surface area contributed by atoms with Gasteiger partial charge in [0.15, 0.2) is 0 Å². The number of amides is 2. The summed E-state index contributed by atoms with van der Waals surface area (Å²) >= 11 is 5.45. The van der Waals surface area contributed by atoms with E-state index in [4.69, 9.17) is 5.11 Å². The van der Waals surface area contributed by atoms with Crippen molar-refractivity contribution in [3.05, 3.63) is 26.2 Å². The molecule has 104 valence electrons. The highest BCUT2D eigenvalue weighted by Crippen LogP contribution is 2.24. The second kappa shape index (κ2) is 7.68. The number of benzene rings is 1. The van der Waals surface area contributed by atoms with Gasteiger partial charge in [-0.2, -0.15) is 0 Å². The Kier molecular flexibility index (Phi) is 6.56. The maximum atomic E-state index is 11.8. The lowest BCUT2D eigenvalue weighted by Gasteiger charge is -2.15. The summed E-state index contributed by atoms with van der Waals surface area (Å²) in [5, 5.41) is 14.0. The number of carbonyl (C=O) groups excluding carboxylic acids is 1. The fourth-order valence-corrected chi connectivity index (χ4v) is 2.29. The Labute approximate surface area is 133 Å². The number of hydrogen-bond donors (Lipinski definition) is 3. The summed E-state index contributed by atoms with van der Waals surface area (Å²) in [5.41, 5.74) is 0.602. The normalized spacial score (nSPS) is 11.7. The first-order valence-corrected chi connectivity index (χ1v) is 7.56. The fourth-order valence-electron chi connectivity index (χ4n) is 1.46. The fraction of sp³-hybridized carbons (Fsp3) is 0.333. The third kappa shape index (κ3) is 5.35. The maximum Gasteiger partial charge on any atom is 0.326 e. The van der Waals surface area contributed by atoms with Crippen LogP contribution >= 0.6 is 38.5 Å². The van der Waals surface area contributed by atoms with Crippen LogP contribution in [0.4, 0.5) is 10.5 Å². The van der Waals surface area contributed by atoms with Gasteiger partial charge in [0.25, 0.3) is 0 Å². The van der Waals surface area contributed by atoms with E-state index in [1.54, 1.807) is 6.07 Å². The number of aliphatic carboxylic acids is 1. The number of halogens is 2. The first-order valence-electron chi connectivity index (χ1n) is 5.69. The van der Waals surface area contributed by atoms with Gasteiger partial charge in [0.2, 0.25) is 0 Å². The highest BCUT2D eigenvalue weighted by Gasteiger charge is 2.19. The van der Waals surface area contributed by atoms with Crippen molar-refractivity contribution in [2.75, 3.05) is 5.32 Å². The zero-order chi connectivity index (χ0) is 14.4. The molecule has 0 fully saturated rings. The van der Waals surface area contributed by atoms with E-state index < -0.39 is 18.0 Å². The quantitative estimate of drug-likeness (QED) is 0.614. The van der Waals surface area contributed by atoms with Gasteiger partial charge in [0.1, 0.15) is 6.04 Å². The molecule has 19 heavy (non-hydrogen) atoms. The van der Waals surface area contributed by atoms with Gasteiger partial charge in [-0.3, -0.25) is 0 Å². The first-order chi connectivity index (χ1) is 8.93. The van der Waals surface area contributed by atoms with Crippen molar-refractivity contribution in [2.45, 2.75) is 25.8 Å². The van der Waals surface area contributed by atoms with Crippen molar-refractivity contribution in [1.29, 1.82) is 0 Å². The highest BCUT2D eigenvalue weighted by molar-refractivity contribution is 14.1. The molecule has 1 unspecified atom stereocenters. The minimum atomic E-state index is -1.03. The Bertz CT molecular complexity index is 482. The average molecular weight is 441 g/mol. The Morgan fingerprint density at radius 3 is 2.74 bits per heavy atom. The Hall–Kier alpha value is -0.830. The summed E-state index contributed by atoms with van der Waals surface area (Å²) in [6, 6.07) is 4.11. The molecule has 0 aliphatic carbocycles. The molecule has 0 saturated heterocycles. The zero-order valence-electron chi connectivity index (χ0n) is 10.2. The number of anilines is 1. The summed E-state index contributed by atoms with van der Waals surface area (Å²) in [7, 11) is 0. The zero-order valence-corrected chi connectivity index (χ0v) is 14.0. The second-order valence-electron chi connectivity index (χ2n) is 3.90. The molecule has 1 aromatic carbocycles. The molecule has 5 nitrogen and oxygen atoms in total. The van der Waals surface area contributed by atoms with Crippen molar-refractivity contribution < 1.29 is 14.7 Å². The average Bonchev–Trinajstić information content (AvgIpc) is 2.33. The van der Waals surface area contributed by atoms with Gasteiger partial charge >= 0.3 is 12.0 Å². The van der Waals surface area contributed by atoms with Crippen LogP contribution in [0.1, 0.15) is 19.8 Å². The van der Waals surface area contributed by atoms with Crippen LogP contribution in [-0.2, 0) is 4.79 Å². The van der Waals surface area contributed by atoms with E-state index in [2.05, 4.69) is 49.2 Å². The van der Waals surface area contributed by atoms with Gasteiger partial charge < -0.3 is 15.7 Å². The number of carboxylic acid groups (broad SMARTS) is 1. The number of urea groups is 1. The van der Waals surface area contributed by atoms with Crippen molar-refractivity contribution >= 4 is 56.2 Å². The molecule has 0 radical (unpaired) electrons. The van der Waals surface area contributed by atoms with E-state index >= 15 is 0 Å². The monoisotopic (exact) mass is 440 g/mol.